The molecule has 0 radical (unpaired) electrons. The average Bonchev–Trinajstić information content (AvgIpc) is 2.42. The first kappa shape index (κ1) is 9.44. The summed E-state index contributed by atoms with van der Waals surface area (Å²) < 4.78 is 5.76. The monoisotopic (exact) mass is 184 g/mol. The van der Waals surface area contributed by atoms with E-state index in [4.69, 9.17) is 10.5 Å². The highest BCUT2D eigenvalue weighted by atomic mass is 16.5. The molecule has 3 nitrogen and oxygen atoms in total. The third-order valence-electron chi connectivity index (χ3n) is 3.02. The summed E-state index contributed by atoms with van der Waals surface area (Å²) in [7, 11) is 0. The lowest BCUT2D eigenvalue weighted by Crippen LogP contribution is -2.43. The van der Waals surface area contributed by atoms with Crippen LogP contribution in [0.5, 0.6) is 0 Å². The number of rotatable bonds is 3. The fourth-order valence-corrected chi connectivity index (χ4v) is 2.27. The number of nitrogens with zero attached hydrogens (tertiary/aromatic N) is 1. The standard InChI is InChI=1S/C10H20N2O/c1-8(11)4-5-12-6-9-2-3-10(7-12)13-9/h8-10H,2-7,11H2,1H3. The number of hydrogen-bond acceptors (Lipinski definition) is 3. The first-order chi connectivity index (χ1) is 6.24. The highest BCUT2D eigenvalue weighted by Gasteiger charge is 2.33. The minimum absolute atomic E-state index is 0.334. The van der Waals surface area contributed by atoms with Crippen LogP contribution in [-0.2, 0) is 4.74 Å². The SMILES string of the molecule is CC(N)CCN1CC2CCC(C1)O2. The number of hydrogen-bond donors (Lipinski definition) is 1. The Hall–Kier alpha value is -0.120. The van der Waals surface area contributed by atoms with Gasteiger partial charge in [0.2, 0.25) is 0 Å². The van der Waals surface area contributed by atoms with Crippen molar-refractivity contribution in [1.82, 2.24) is 4.90 Å². The maximum atomic E-state index is 5.76. The van der Waals surface area contributed by atoms with Crippen LogP contribution >= 0.6 is 0 Å². The van der Waals surface area contributed by atoms with Gasteiger partial charge in [0.25, 0.3) is 0 Å². The molecule has 2 heterocycles. The quantitative estimate of drug-likeness (QED) is 0.697. The molecule has 0 aliphatic carbocycles. The Morgan fingerprint density at radius 1 is 1.38 bits per heavy atom. The normalized spacial score (nSPS) is 36.5. The molecule has 2 rings (SSSR count). The van der Waals surface area contributed by atoms with Crippen molar-refractivity contribution < 1.29 is 4.74 Å². The summed E-state index contributed by atoms with van der Waals surface area (Å²) >= 11 is 0. The molecule has 2 saturated heterocycles. The number of fused-ring (bicyclic) bond motifs is 2. The molecule has 3 unspecified atom stereocenters. The summed E-state index contributed by atoms with van der Waals surface area (Å²) in [6.07, 6.45) is 4.68. The van der Waals surface area contributed by atoms with E-state index in [-0.39, 0.29) is 0 Å². The van der Waals surface area contributed by atoms with Gasteiger partial charge in [-0.3, -0.25) is 4.90 Å². The maximum absolute atomic E-state index is 5.76. The van der Waals surface area contributed by atoms with Gasteiger partial charge in [-0.1, -0.05) is 0 Å². The smallest absolute Gasteiger partial charge is 0.0707 e. The predicted molar refractivity (Wildman–Crippen MR) is 52.6 cm³/mol. The number of ether oxygens (including phenoxy) is 1. The molecule has 2 aliphatic heterocycles. The number of likely N-dealkylation sites (tertiary alicyclic amines) is 1. The van der Waals surface area contributed by atoms with E-state index in [2.05, 4.69) is 11.8 Å². The van der Waals surface area contributed by atoms with Crippen molar-refractivity contribution in [2.75, 3.05) is 19.6 Å². The van der Waals surface area contributed by atoms with E-state index in [1.807, 2.05) is 0 Å². The molecule has 0 aromatic heterocycles. The Morgan fingerprint density at radius 2 is 2.00 bits per heavy atom. The van der Waals surface area contributed by atoms with Crippen molar-refractivity contribution >= 4 is 0 Å². The van der Waals surface area contributed by atoms with Crippen molar-refractivity contribution in [3.05, 3.63) is 0 Å². The van der Waals surface area contributed by atoms with Crippen molar-refractivity contribution in [1.29, 1.82) is 0 Å². The van der Waals surface area contributed by atoms with Crippen molar-refractivity contribution in [2.24, 2.45) is 5.73 Å². The summed E-state index contributed by atoms with van der Waals surface area (Å²) in [5.41, 5.74) is 5.74. The van der Waals surface area contributed by atoms with Crippen LogP contribution in [0.2, 0.25) is 0 Å². The van der Waals surface area contributed by atoms with Gasteiger partial charge >= 0.3 is 0 Å². The van der Waals surface area contributed by atoms with E-state index in [0.29, 0.717) is 18.2 Å². The Kier molecular flexibility index (Phi) is 2.86. The molecule has 13 heavy (non-hydrogen) atoms. The molecule has 3 atom stereocenters. The van der Waals surface area contributed by atoms with E-state index < -0.39 is 0 Å². The second kappa shape index (κ2) is 3.95. The van der Waals surface area contributed by atoms with Crippen molar-refractivity contribution in [3.8, 4) is 0 Å². The summed E-state index contributed by atoms with van der Waals surface area (Å²) in [6.45, 7) is 5.48. The van der Waals surface area contributed by atoms with Gasteiger partial charge in [0.05, 0.1) is 12.2 Å². The fraction of sp³-hybridized carbons (Fsp3) is 1.00. The Balaban J connectivity index is 1.75. The van der Waals surface area contributed by atoms with Crippen LogP contribution in [0.1, 0.15) is 26.2 Å². The Labute approximate surface area is 80.2 Å². The van der Waals surface area contributed by atoms with Crippen LogP contribution in [0.25, 0.3) is 0 Å². The molecular weight excluding hydrogens is 164 g/mol. The topological polar surface area (TPSA) is 38.5 Å². The van der Waals surface area contributed by atoms with E-state index in [9.17, 15) is 0 Å². The highest BCUT2D eigenvalue weighted by Crippen LogP contribution is 2.26. The molecule has 0 aromatic carbocycles. The molecule has 2 aliphatic rings. The van der Waals surface area contributed by atoms with Crippen LogP contribution in [-0.4, -0.2) is 42.8 Å². The fourth-order valence-electron chi connectivity index (χ4n) is 2.27. The van der Waals surface area contributed by atoms with Gasteiger partial charge in [-0.15, -0.1) is 0 Å². The molecule has 76 valence electrons. The van der Waals surface area contributed by atoms with E-state index in [0.717, 1.165) is 26.1 Å². The zero-order valence-electron chi connectivity index (χ0n) is 8.41. The van der Waals surface area contributed by atoms with Gasteiger partial charge < -0.3 is 10.5 Å². The van der Waals surface area contributed by atoms with Gasteiger partial charge in [0.1, 0.15) is 0 Å². The molecule has 0 spiro atoms. The molecule has 0 saturated carbocycles. The summed E-state index contributed by atoms with van der Waals surface area (Å²) in [5.74, 6) is 0. The molecule has 2 fully saturated rings. The van der Waals surface area contributed by atoms with E-state index >= 15 is 0 Å². The van der Waals surface area contributed by atoms with Gasteiger partial charge in [-0.25, -0.2) is 0 Å². The summed E-state index contributed by atoms with van der Waals surface area (Å²) in [5, 5.41) is 0. The molecule has 2 bridgehead atoms. The maximum Gasteiger partial charge on any atom is 0.0707 e. The van der Waals surface area contributed by atoms with Crippen molar-refractivity contribution in [2.45, 2.75) is 44.4 Å². The van der Waals surface area contributed by atoms with E-state index in [1.54, 1.807) is 0 Å². The Morgan fingerprint density at radius 3 is 2.54 bits per heavy atom. The lowest BCUT2D eigenvalue weighted by atomic mass is 10.2. The van der Waals surface area contributed by atoms with E-state index in [1.165, 1.54) is 12.8 Å². The lowest BCUT2D eigenvalue weighted by Gasteiger charge is -2.32. The van der Waals surface area contributed by atoms with Crippen LogP contribution in [0.3, 0.4) is 0 Å². The largest absolute Gasteiger partial charge is 0.372 e. The van der Waals surface area contributed by atoms with Crippen LogP contribution in [0.15, 0.2) is 0 Å². The second-order valence-electron chi connectivity index (χ2n) is 4.48. The lowest BCUT2D eigenvalue weighted by molar-refractivity contribution is -0.0387. The Bertz CT molecular complexity index is 160. The second-order valence-corrected chi connectivity index (χ2v) is 4.48. The third-order valence-corrected chi connectivity index (χ3v) is 3.02. The summed E-state index contributed by atoms with van der Waals surface area (Å²) in [4.78, 5) is 2.51. The van der Waals surface area contributed by atoms with Crippen LogP contribution in [0.4, 0.5) is 0 Å². The third kappa shape index (κ3) is 2.42. The van der Waals surface area contributed by atoms with Gasteiger partial charge in [-0.05, 0) is 32.7 Å². The predicted octanol–water partition coefficient (Wildman–Crippen LogP) is 0.587. The molecule has 3 heteroatoms. The van der Waals surface area contributed by atoms with Crippen LogP contribution < -0.4 is 5.73 Å². The summed E-state index contributed by atoms with van der Waals surface area (Å²) in [6, 6.07) is 0.334. The van der Waals surface area contributed by atoms with Gasteiger partial charge in [0, 0.05) is 19.1 Å². The average molecular weight is 184 g/mol. The van der Waals surface area contributed by atoms with Crippen molar-refractivity contribution in [3.63, 3.8) is 0 Å². The molecule has 2 N–H and O–H groups in total. The number of morpholine rings is 1. The minimum atomic E-state index is 0.334. The zero-order valence-corrected chi connectivity index (χ0v) is 8.41. The molecule has 0 amide bonds. The number of nitrogens with two attached hydrogens (primary N) is 1. The van der Waals surface area contributed by atoms with Gasteiger partial charge in [0.15, 0.2) is 0 Å². The molecular formula is C10H20N2O. The zero-order chi connectivity index (χ0) is 9.26. The first-order valence-corrected chi connectivity index (χ1v) is 5.37. The molecule has 0 aromatic rings. The van der Waals surface area contributed by atoms with Crippen LogP contribution in [0, 0.1) is 0 Å². The highest BCUT2D eigenvalue weighted by molar-refractivity contribution is 4.84. The first-order valence-electron chi connectivity index (χ1n) is 5.37. The minimum Gasteiger partial charge on any atom is -0.372 e. The van der Waals surface area contributed by atoms with Gasteiger partial charge in [-0.2, -0.15) is 0 Å².